The van der Waals surface area contributed by atoms with Gasteiger partial charge in [0.15, 0.2) is 9.84 Å². The predicted molar refractivity (Wildman–Crippen MR) is 70.0 cm³/mol. The molecule has 1 fully saturated rings. The van der Waals surface area contributed by atoms with E-state index < -0.39 is 9.84 Å². The van der Waals surface area contributed by atoms with Crippen LogP contribution >= 0.6 is 0 Å². The van der Waals surface area contributed by atoms with Gasteiger partial charge in [0, 0.05) is 19.1 Å². The first-order chi connectivity index (χ1) is 8.48. The van der Waals surface area contributed by atoms with Crippen molar-refractivity contribution in [2.75, 3.05) is 24.6 Å². The molecule has 1 N–H and O–H groups in total. The molecule has 0 aliphatic carbocycles. The summed E-state index contributed by atoms with van der Waals surface area (Å²) in [5, 5.41) is 2.85. The van der Waals surface area contributed by atoms with Gasteiger partial charge in [0.1, 0.15) is 0 Å². The second-order valence-corrected chi connectivity index (χ2v) is 7.27. The Morgan fingerprint density at radius 3 is 2.78 bits per heavy atom. The van der Waals surface area contributed by atoms with Crippen LogP contribution in [-0.4, -0.2) is 55.9 Å². The zero-order valence-corrected chi connectivity index (χ0v) is 11.4. The van der Waals surface area contributed by atoms with Gasteiger partial charge < -0.3 is 5.32 Å². The fourth-order valence-electron chi connectivity index (χ4n) is 2.41. The van der Waals surface area contributed by atoms with Gasteiger partial charge in [-0.15, -0.1) is 0 Å². The summed E-state index contributed by atoms with van der Waals surface area (Å²) in [6, 6.07) is -0.400. The van der Waals surface area contributed by atoms with E-state index in [0.29, 0.717) is 6.42 Å². The zero-order chi connectivity index (χ0) is 13.2. The Kier molecular flexibility index (Phi) is 4.07. The van der Waals surface area contributed by atoms with Gasteiger partial charge in [-0.25, -0.2) is 8.42 Å². The number of nitrogens with one attached hydrogen (secondary N) is 1. The van der Waals surface area contributed by atoms with Crippen LogP contribution in [-0.2, 0) is 14.6 Å². The molecule has 102 valence electrons. The van der Waals surface area contributed by atoms with E-state index in [9.17, 15) is 13.2 Å². The van der Waals surface area contributed by atoms with Gasteiger partial charge in [-0.05, 0) is 19.8 Å². The summed E-state index contributed by atoms with van der Waals surface area (Å²) in [5.41, 5.74) is 0. The minimum Gasteiger partial charge on any atom is -0.351 e. The second-order valence-electron chi connectivity index (χ2n) is 5.04. The van der Waals surface area contributed by atoms with Crippen LogP contribution in [0.3, 0.4) is 0 Å². The summed E-state index contributed by atoms with van der Waals surface area (Å²) in [6.07, 6.45) is 5.69. The molecular weight excluding hydrogens is 252 g/mol. The van der Waals surface area contributed by atoms with Crippen molar-refractivity contribution in [3.8, 4) is 0 Å². The molecule has 2 aliphatic rings. The SMILES string of the molecule is C[C@@H](C(=O)N[C@@H]1CCS(=O)(=O)C1)N1CC=CCC1. The van der Waals surface area contributed by atoms with Crippen molar-refractivity contribution in [3.05, 3.63) is 12.2 Å². The quantitative estimate of drug-likeness (QED) is 0.731. The molecule has 1 saturated heterocycles. The van der Waals surface area contributed by atoms with Crippen LogP contribution in [0, 0.1) is 0 Å². The normalized spacial score (nSPS) is 29.1. The maximum absolute atomic E-state index is 12.0. The molecule has 18 heavy (non-hydrogen) atoms. The average Bonchev–Trinajstić information content (AvgIpc) is 2.68. The first kappa shape index (κ1) is 13.5. The first-order valence-corrected chi connectivity index (χ1v) is 8.20. The molecule has 2 atom stereocenters. The van der Waals surface area contributed by atoms with Crippen molar-refractivity contribution in [3.63, 3.8) is 0 Å². The molecule has 0 aromatic carbocycles. The molecule has 0 bridgehead atoms. The Bertz CT molecular complexity index is 444. The summed E-state index contributed by atoms with van der Waals surface area (Å²) < 4.78 is 22.6. The van der Waals surface area contributed by atoms with Gasteiger partial charge >= 0.3 is 0 Å². The lowest BCUT2D eigenvalue weighted by Gasteiger charge is -2.29. The third-order valence-corrected chi connectivity index (χ3v) is 5.36. The topological polar surface area (TPSA) is 66.5 Å². The van der Waals surface area contributed by atoms with Gasteiger partial charge in [-0.3, -0.25) is 9.69 Å². The molecular formula is C12H20N2O3S. The smallest absolute Gasteiger partial charge is 0.237 e. The predicted octanol–water partition coefficient (Wildman–Crippen LogP) is -0.0599. The molecule has 0 saturated carbocycles. The van der Waals surface area contributed by atoms with Crippen molar-refractivity contribution < 1.29 is 13.2 Å². The van der Waals surface area contributed by atoms with E-state index in [1.165, 1.54) is 0 Å². The Morgan fingerprint density at radius 2 is 2.22 bits per heavy atom. The molecule has 0 aromatic heterocycles. The maximum atomic E-state index is 12.0. The fourth-order valence-corrected chi connectivity index (χ4v) is 4.08. The van der Waals surface area contributed by atoms with Gasteiger partial charge in [0.25, 0.3) is 0 Å². The molecule has 2 rings (SSSR count). The lowest BCUT2D eigenvalue weighted by Crippen LogP contribution is -2.49. The molecule has 5 nitrogen and oxygen atoms in total. The van der Waals surface area contributed by atoms with E-state index in [1.807, 2.05) is 6.92 Å². The summed E-state index contributed by atoms with van der Waals surface area (Å²) in [6.45, 7) is 3.55. The standard InChI is InChI=1S/C12H20N2O3S/c1-10(14-6-3-2-4-7-14)12(15)13-11-5-8-18(16,17)9-11/h2-3,10-11H,4-9H2,1H3,(H,13,15)/t10-,11+/m0/s1. The fraction of sp³-hybridized carbons (Fsp3) is 0.750. The summed E-state index contributed by atoms with van der Waals surface area (Å²) >= 11 is 0. The third-order valence-electron chi connectivity index (χ3n) is 3.60. The molecule has 0 aromatic rings. The van der Waals surface area contributed by atoms with Crippen molar-refractivity contribution >= 4 is 15.7 Å². The molecule has 0 radical (unpaired) electrons. The number of hydrogen-bond donors (Lipinski definition) is 1. The number of rotatable bonds is 3. The van der Waals surface area contributed by atoms with Crippen molar-refractivity contribution in [2.24, 2.45) is 0 Å². The van der Waals surface area contributed by atoms with E-state index in [2.05, 4.69) is 22.4 Å². The number of amides is 1. The molecule has 0 unspecified atom stereocenters. The van der Waals surface area contributed by atoms with Gasteiger partial charge in [0.2, 0.25) is 5.91 Å². The lowest BCUT2D eigenvalue weighted by molar-refractivity contribution is -0.126. The van der Waals surface area contributed by atoms with Crippen LogP contribution in [0.5, 0.6) is 0 Å². The van der Waals surface area contributed by atoms with Crippen LogP contribution in [0.15, 0.2) is 12.2 Å². The van der Waals surface area contributed by atoms with Crippen molar-refractivity contribution in [1.29, 1.82) is 0 Å². The van der Waals surface area contributed by atoms with E-state index >= 15 is 0 Å². The lowest BCUT2D eigenvalue weighted by atomic mass is 10.1. The largest absolute Gasteiger partial charge is 0.351 e. The van der Waals surface area contributed by atoms with Crippen LogP contribution in [0.4, 0.5) is 0 Å². The molecule has 6 heteroatoms. The van der Waals surface area contributed by atoms with Crippen molar-refractivity contribution in [1.82, 2.24) is 10.2 Å². The van der Waals surface area contributed by atoms with Crippen molar-refractivity contribution in [2.45, 2.75) is 31.8 Å². The Morgan fingerprint density at radius 1 is 1.44 bits per heavy atom. The minimum absolute atomic E-state index is 0.0626. The van der Waals surface area contributed by atoms with Crippen LogP contribution in [0.25, 0.3) is 0 Å². The summed E-state index contributed by atoms with van der Waals surface area (Å²) in [5.74, 6) is 0.219. The third kappa shape index (κ3) is 3.32. The molecule has 1 amide bonds. The zero-order valence-electron chi connectivity index (χ0n) is 10.6. The minimum atomic E-state index is -2.93. The Labute approximate surface area is 108 Å². The van der Waals surface area contributed by atoms with E-state index in [-0.39, 0.29) is 29.5 Å². The summed E-state index contributed by atoms with van der Waals surface area (Å²) in [7, 11) is -2.93. The number of sulfone groups is 1. The van der Waals surface area contributed by atoms with E-state index in [0.717, 1.165) is 19.5 Å². The Hall–Kier alpha value is -0.880. The number of nitrogens with zero attached hydrogens (tertiary/aromatic N) is 1. The molecule has 2 aliphatic heterocycles. The highest BCUT2D eigenvalue weighted by molar-refractivity contribution is 7.91. The highest BCUT2D eigenvalue weighted by Gasteiger charge is 2.31. The van der Waals surface area contributed by atoms with E-state index in [4.69, 9.17) is 0 Å². The average molecular weight is 272 g/mol. The Balaban J connectivity index is 1.86. The van der Waals surface area contributed by atoms with Crippen LogP contribution < -0.4 is 5.32 Å². The molecule has 0 spiro atoms. The van der Waals surface area contributed by atoms with Gasteiger partial charge in [-0.2, -0.15) is 0 Å². The number of carbonyl (C=O) groups excluding carboxylic acids is 1. The second kappa shape index (κ2) is 5.40. The highest BCUT2D eigenvalue weighted by atomic mass is 32.2. The van der Waals surface area contributed by atoms with Crippen LogP contribution in [0.1, 0.15) is 19.8 Å². The first-order valence-electron chi connectivity index (χ1n) is 6.38. The van der Waals surface area contributed by atoms with Crippen LogP contribution in [0.2, 0.25) is 0 Å². The molecule has 2 heterocycles. The highest BCUT2D eigenvalue weighted by Crippen LogP contribution is 2.12. The van der Waals surface area contributed by atoms with Gasteiger partial charge in [0.05, 0.1) is 17.5 Å². The van der Waals surface area contributed by atoms with E-state index in [1.54, 1.807) is 0 Å². The summed E-state index contributed by atoms with van der Waals surface area (Å²) in [4.78, 5) is 14.1. The maximum Gasteiger partial charge on any atom is 0.237 e. The van der Waals surface area contributed by atoms with Gasteiger partial charge in [-0.1, -0.05) is 12.2 Å². The number of hydrogen-bond acceptors (Lipinski definition) is 4. The number of carbonyl (C=O) groups is 1. The monoisotopic (exact) mass is 272 g/mol.